The summed E-state index contributed by atoms with van der Waals surface area (Å²) in [6.45, 7) is 0.427. The predicted octanol–water partition coefficient (Wildman–Crippen LogP) is 2.60. The largest absolute Gasteiger partial charge is 0.508 e. The van der Waals surface area contributed by atoms with Gasteiger partial charge < -0.3 is 20.8 Å². The standard InChI is InChI=1S/C24H20N4O5/c29-18-4-1-3-16(11-18)13-25-22(30)19-14-28-20(5-2-6-21(28)27-19)23(31)26-12-15-7-9-17(10-8-15)24(32)33/h1-11,14,29H,12-13H2,(H,25,30)(H,26,31)(H,32,33). The summed E-state index contributed by atoms with van der Waals surface area (Å²) in [7, 11) is 0. The number of phenolic OH excluding ortho intramolecular Hbond substituents is 1. The highest BCUT2D eigenvalue weighted by Crippen LogP contribution is 2.13. The molecule has 0 atom stereocenters. The van der Waals surface area contributed by atoms with Crippen molar-refractivity contribution in [3.63, 3.8) is 0 Å². The normalized spacial score (nSPS) is 10.7. The molecule has 9 heteroatoms. The first-order chi connectivity index (χ1) is 15.9. The highest BCUT2D eigenvalue weighted by molar-refractivity contribution is 5.95. The van der Waals surface area contributed by atoms with E-state index in [-0.39, 0.29) is 36.0 Å². The third-order valence-electron chi connectivity index (χ3n) is 4.98. The van der Waals surface area contributed by atoms with E-state index in [0.717, 1.165) is 11.1 Å². The van der Waals surface area contributed by atoms with E-state index in [1.807, 2.05) is 0 Å². The van der Waals surface area contributed by atoms with E-state index in [4.69, 9.17) is 5.11 Å². The van der Waals surface area contributed by atoms with Gasteiger partial charge in [0, 0.05) is 19.3 Å². The van der Waals surface area contributed by atoms with Crippen LogP contribution < -0.4 is 10.6 Å². The molecule has 0 saturated carbocycles. The number of imidazole rings is 1. The number of phenols is 1. The van der Waals surface area contributed by atoms with Crippen molar-refractivity contribution in [1.29, 1.82) is 0 Å². The van der Waals surface area contributed by atoms with E-state index in [9.17, 15) is 19.5 Å². The summed E-state index contributed by atoms with van der Waals surface area (Å²) in [5.74, 6) is -1.68. The number of aromatic nitrogens is 2. The van der Waals surface area contributed by atoms with Crippen LogP contribution >= 0.6 is 0 Å². The average Bonchev–Trinajstić information content (AvgIpc) is 3.26. The van der Waals surface area contributed by atoms with Gasteiger partial charge in [-0.3, -0.25) is 14.0 Å². The summed E-state index contributed by atoms with van der Waals surface area (Å²) in [5, 5.41) is 24.0. The minimum atomic E-state index is -1.01. The first-order valence-electron chi connectivity index (χ1n) is 10.1. The highest BCUT2D eigenvalue weighted by atomic mass is 16.4. The lowest BCUT2D eigenvalue weighted by Gasteiger charge is -2.07. The zero-order valence-corrected chi connectivity index (χ0v) is 17.4. The van der Waals surface area contributed by atoms with Crippen molar-refractivity contribution in [2.24, 2.45) is 0 Å². The molecule has 4 aromatic rings. The minimum absolute atomic E-state index is 0.114. The zero-order valence-electron chi connectivity index (χ0n) is 17.4. The van der Waals surface area contributed by atoms with Crippen molar-refractivity contribution in [2.75, 3.05) is 0 Å². The Kier molecular flexibility index (Phi) is 6.03. The van der Waals surface area contributed by atoms with Crippen molar-refractivity contribution >= 4 is 23.4 Å². The lowest BCUT2D eigenvalue weighted by atomic mass is 10.1. The molecule has 0 radical (unpaired) electrons. The van der Waals surface area contributed by atoms with Crippen LogP contribution in [0.1, 0.15) is 42.5 Å². The summed E-state index contributed by atoms with van der Waals surface area (Å²) in [5.41, 5.74) is 2.55. The van der Waals surface area contributed by atoms with Gasteiger partial charge in [-0.25, -0.2) is 9.78 Å². The van der Waals surface area contributed by atoms with Crippen molar-refractivity contribution in [2.45, 2.75) is 13.1 Å². The molecule has 9 nitrogen and oxygen atoms in total. The van der Waals surface area contributed by atoms with Crippen LogP contribution in [0.2, 0.25) is 0 Å². The molecule has 0 aliphatic rings. The van der Waals surface area contributed by atoms with Crippen LogP contribution in [0.4, 0.5) is 0 Å². The van der Waals surface area contributed by atoms with Gasteiger partial charge >= 0.3 is 5.97 Å². The topological polar surface area (TPSA) is 133 Å². The van der Waals surface area contributed by atoms with E-state index in [1.165, 1.54) is 22.7 Å². The number of carboxylic acids is 1. The number of carbonyl (C=O) groups excluding carboxylic acids is 2. The Labute approximate surface area is 188 Å². The number of hydrogen-bond acceptors (Lipinski definition) is 5. The second-order valence-electron chi connectivity index (χ2n) is 7.30. The lowest BCUT2D eigenvalue weighted by molar-refractivity contribution is 0.0696. The second-order valence-corrected chi connectivity index (χ2v) is 7.30. The maximum absolute atomic E-state index is 12.8. The molecule has 2 aromatic heterocycles. The van der Waals surface area contributed by atoms with E-state index in [2.05, 4.69) is 15.6 Å². The van der Waals surface area contributed by atoms with E-state index < -0.39 is 11.9 Å². The fourth-order valence-electron chi connectivity index (χ4n) is 3.28. The molecular weight excluding hydrogens is 424 g/mol. The number of nitrogens with one attached hydrogen (secondary N) is 2. The fourth-order valence-corrected chi connectivity index (χ4v) is 3.28. The van der Waals surface area contributed by atoms with Gasteiger partial charge in [0.25, 0.3) is 11.8 Å². The first-order valence-corrected chi connectivity index (χ1v) is 10.1. The lowest BCUT2D eigenvalue weighted by Crippen LogP contribution is -2.25. The maximum Gasteiger partial charge on any atom is 0.335 e. The van der Waals surface area contributed by atoms with Gasteiger partial charge in [0.05, 0.1) is 5.56 Å². The molecule has 2 amide bonds. The quantitative estimate of drug-likeness (QED) is 0.346. The summed E-state index contributed by atoms with van der Waals surface area (Å²) in [4.78, 5) is 40.5. The Balaban J connectivity index is 1.45. The number of benzene rings is 2. The molecule has 0 aliphatic heterocycles. The first kappa shape index (κ1) is 21.6. The third-order valence-corrected chi connectivity index (χ3v) is 4.98. The van der Waals surface area contributed by atoms with Gasteiger partial charge in [-0.05, 0) is 47.5 Å². The molecule has 4 N–H and O–H groups in total. The summed E-state index contributed by atoms with van der Waals surface area (Å²) < 4.78 is 1.53. The van der Waals surface area contributed by atoms with Crippen LogP contribution in [-0.4, -0.2) is 37.4 Å². The van der Waals surface area contributed by atoms with Crippen LogP contribution in [0.5, 0.6) is 5.75 Å². The molecule has 0 bridgehead atoms. The number of amides is 2. The van der Waals surface area contributed by atoms with Gasteiger partial charge in [-0.2, -0.15) is 0 Å². The Morgan fingerprint density at radius 3 is 2.27 bits per heavy atom. The Bertz CT molecular complexity index is 1340. The Morgan fingerprint density at radius 1 is 0.848 bits per heavy atom. The third kappa shape index (κ3) is 4.99. The molecule has 2 aromatic carbocycles. The maximum atomic E-state index is 12.8. The number of carbonyl (C=O) groups is 3. The van der Waals surface area contributed by atoms with Crippen LogP contribution in [0.15, 0.2) is 72.9 Å². The number of pyridine rings is 1. The molecule has 4 rings (SSSR count). The van der Waals surface area contributed by atoms with Crippen LogP contribution in [0, 0.1) is 0 Å². The molecule has 0 fully saturated rings. The van der Waals surface area contributed by atoms with Crippen LogP contribution in [-0.2, 0) is 13.1 Å². The number of nitrogens with zero attached hydrogens (tertiary/aromatic N) is 2. The fraction of sp³-hybridized carbons (Fsp3) is 0.0833. The van der Waals surface area contributed by atoms with Gasteiger partial charge in [0.1, 0.15) is 22.8 Å². The molecule has 166 valence electrons. The van der Waals surface area contributed by atoms with Crippen LogP contribution in [0.25, 0.3) is 5.65 Å². The number of carboxylic acid groups (broad SMARTS) is 1. The number of aromatic hydroxyl groups is 1. The van der Waals surface area contributed by atoms with E-state index in [1.54, 1.807) is 54.6 Å². The SMILES string of the molecule is O=C(O)c1ccc(CNC(=O)c2cccc3nc(C(=O)NCc4cccc(O)c4)cn23)cc1. The highest BCUT2D eigenvalue weighted by Gasteiger charge is 2.15. The summed E-state index contributed by atoms with van der Waals surface area (Å²) >= 11 is 0. The monoisotopic (exact) mass is 444 g/mol. The van der Waals surface area contributed by atoms with Crippen molar-refractivity contribution in [3.8, 4) is 5.75 Å². The number of rotatable bonds is 7. The molecule has 0 spiro atoms. The smallest absolute Gasteiger partial charge is 0.335 e. The second kappa shape index (κ2) is 9.23. The van der Waals surface area contributed by atoms with Crippen molar-refractivity contribution < 1.29 is 24.6 Å². The summed E-state index contributed by atoms with van der Waals surface area (Å²) in [6.07, 6.45) is 1.49. The van der Waals surface area contributed by atoms with E-state index >= 15 is 0 Å². The molecule has 33 heavy (non-hydrogen) atoms. The number of aromatic carboxylic acids is 1. The average molecular weight is 444 g/mol. The van der Waals surface area contributed by atoms with Gasteiger partial charge in [0.2, 0.25) is 0 Å². The molecule has 0 unspecified atom stereocenters. The van der Waals surface area contributed by atoms with Gasteiger partial charge in [0.15, 0.2) is 0 Å². The number of fused-ring (bicyclic) bond motifs is 1. The Hall–Kier alpha value is -4.66. The van der Waals surface area contributed by atoms with Gasteiger partial charge in [-0.15, -0.1) is 0 Å². The van der Waals surface area contributed by atoms with Crippen molar-refractivity contribution in [3.05, 3.63) is 101 Å². The molecule has 0 saturated heterocycles. The molecule has 2 heterocycles. The Morgan fingerprint density at radius 2 is 1.55 bits per heavy atom. The van der Waals surface area contributed by atoms with Crippen molar-refractivity contribution in [1.82, 2.24) is 20.0 Å². The van der Waals surface area contributed by atoms with Gasteiger partial charge in [-0.1, -0.05) is 30.3 Å². The van der Waals surface area contributed by atoms with E-state index in [0.29, 0.717) is 11.3 Å². The summed E-state index contributed by atoms with van der Waals surface area (Å²) in [6, 6.07) is 17.8. The minimum Gasteiger partial charge on any atom is -0.508 e. The molecular formula is C24H20N4O5. The number of hydrogen-bond donors (Lipinski definition) is 4. The predicted molar refractivity (Wildman–Crippen MR) is 119 cm³/mol. The zero-order chi connectivity index (χ0) is 23.4. The van der Waals surface area contributed by atoms with Crippen LogP contribution in [0.3, 0.4) is 0 Å². The molecule has 0 aliphatic carbocycles.